The largest absolute Gasteiger partial charge is 0.347 e. The highest BCUT2D eigenvalue weighted by Gasteiger charge is 2.31. The van der Waals surface area contributed by atoms with Crippen LogP contribution < -0.4 is 0 Å². The van der Waals surface area contributed by atoms with Gasteiger partial charge in [-0.25, -0.2) is 9.37 Å². The molecule has 1 aromatic heterocycles. The van der Waals surface area contributed by atoms with Gasteiger partial charge in [-0.2, -0.15) is 0 Å². The molecule has 5 heteroatoms. The van der Waals surface area contributed by atoms with Crippen molar-refractivity contribution in [2.24, 2.45) is 0 Å². The summed E-state index contributed by atoms with van der Waals surface area (Å²) in [7, 11) is 0. The third kappa shape index (κ3) is 2.57. The summed E-state index contributed by atoms with van der Waals surface area (Å²) in [5.74, 6) is 0.545. The molecule has 4 nitrogen and oxygen atoms in total. The lowest BCUT2D eigenvalue weighted by molar-refractivity contribution is -0.131. The molecule has 1 aliphatic rings. The van der Waals surface area contributed by atoms with Gasteiger partial charge in [-0.05, 0) is 30.5 Å². The summed E-state index contributed by atoms with van der Waals surface area (Å²) < 4.78 is 13.2. The fraction of sp³-hybridized carbons (Fsp3) is 0.333. The third-order valence-corrected chi connectivity index (χ3v) is 3.65. The Kier molecular flexibility index (Phi) is 3.50. The molecule has 1 unspecified atom stereocenters. The molecule has 3 rings (SSSR count). The number of amides is 1. The van der Waals surface area contributed by atoms with Crippen LogP contribution in [-0.2, 0) is 11.2 Å². The molecule has 2 aromatic rings. The maximum atomic E-state index is 13.2. The van der Waals surface area contributed by atoms with Crippen molar-refractivity contribution >= 4 is 5.91 Å². The van der Waals surface area contributed by atoms with E-state index < -0.39 is 0 Å². The fourth-order valence-electron chi connectivity index (χ4n) is 2.73. The summed E-state index contributed by atoms with van der Waals surface area (Å²) >= 11 is 0. The Bertz CT molecular complexity index is 597. The number of nitrogens with one attached hydrogen (secondary N) is 1. The van der Waals surface area contributed by atoms with E-state index in [2.05, 4.69) is 9.97 Å². The second kappa shape index (κ2) is 5.45. The molecule has 1 aromatic carbocycles. The standard InChI is InChI=1S/C15H16FN3O/c16-12-4-1-3-11(9-12)10-14(20)19-8-2-5-13(19)15-17-6-7-18-15/h1,3-4,6-7,9,13H,2,5,8,10H2,(H,17,18). The van der Waals surface area contributed by atoms with Crippen LogP contribution in [0.25, 0.3) is 0 Å². The lowest BCUT2D eigenvalue weighted by Gasteiger charge is -2.23. The van der Waals surface area contributed by atoms with Gasteiger partial charge in [-0.3, -0.25) is 4.79 Å². The quantitative estimate of drug-likeness (QED) is 0.933. The molecule has 2 heterocycles. The van der Waals surface area contributed by atoms with Crippen LogP contribution in [0.3, 0.4) is 0 Å². The van der Waals surface area contributed by atoms with E-state index in [9.17, 15) is 9.18 Å². The van der Waals surface area contributed by atoms with Crippen molar-refractivity contribution in [3.05, 3.63) is 53.9 Å². The van der Waals surface area contributed by atoms with E-state index in [0.717, 1.165) is 25.2 Å². The predicted octanol–water partition coefficient (Wildman–Crippen LogP) is 2.46. The van der Waals surface area contributed by atoms with Crippen molar-refractivity contribution in [3.63, 3.8) is 0 Å². The highest BCUT2D eigenvalue weighted by atomic mass is 19.1. The minimum atomic E-state index is -0.306. The number of aromatic amines is 1. The van der Waals surface area contributed by atoms with Crippen LogP contribution in [0.1, 0.15) is 30.3 Å². The summed E-state index contributed by atoms with van der Waals surface area (Å²) in [6.45, 7) is 0.736. The summed E-state index contributed by atoms with van der Waals surface area (Å²) in [6.07, 6.45) is 5.59. The molecule has 0 aliphatic carbocycles. The van der Waals surface area contributed by atoms with Crippen LogP contribution in [-0.4, -0.2) is 27.3 Å². The molecule has 0 spiro atoms. The molecule has 1 amide bonds. The molecule has 1 N–H and O–H groups in total. The molecule has 0 radical (unpaired) electrons. The number of benzene rings is 1. The van der Waals surface area contributed by atoms with Crippen LogP contribution >= 0.6 is 0 Å². The number of imidazole rings is 1. The average molecular weight is 273 g/mol. The lowest BCUT2D eigenvalue weighted by atomic mass is 10.1. The average Bonchev–Trinajstić information content (AvgIpc) is 3.09. The van der Waals surface area contributed by atoms with E-state index in [1.165, 1.54) is 12.1 Å². The van der Waals surface area contributed by atoms with Crippen molar-refractivity contribution in [1.82, 2.24) is 14.9 Å². The Hall–Kier alpha value is -2.17. The highest BCUT2D eigenvalue weighted by Crippen LogP contribution is 2.30. The van der Waals surface area contributed by atoms with Gasteiger partial charge in [0.05, 0.1) is 12.5 Å². The number of likely N-dealkylation sites (tertiary alicyclic amines) is 1. The fourth-order valence-corrected chi connectivity index (χ4v) is 2.73. The zero-order valence-corrected chi connectivity index (χ0v) is 11.1. The Balaban J connectivity index is 1.73. The normalized spacial score (nSPS) is 18.4. The van der Waals surface area contributed by atoms with Gasteiger partial charge in [0, 0.05) is 18.9 Å². The summed E-state index contributed by atoms with van der Waals surface area (Å²) in [5, 5.41) is 0. The smallest absolute Gasteiger partial charge is 0.227 e. The lowest BCUT2D eigenvalue weighted by Crippen LogP contribution is -2.32. The van der Waals surface area contributed by atoms with Gasteiger partial charge in [0.25, 0.3) is 0 Å². The van der Waals surface area contributed by atoms with E-state index in [4.69, 9.17) is 0 Å². The van der Waals surface area contributed by atoms with Crippen LogP contribution in [0.4, 0.5) is 4.39 Å². The maximum absolute atomic E-state index is 13.2. The second-order valence-electron chi connectivity index (χ2n) is 5.03. The molecule has 1 atom stereocenters. The number of nitrogens with zero attached hydrogens (tertiary/aromatic N) is 2. The van der Waals surface area contributed by atoms with Crippen LogP contribution in [0.5, 0.6) is 0 Å². The first-order valence-electron chi connectivity index (χ1n) is 6.77. The van der Waals surface area contributed by atoms with Gasteiger partial charge in [0.15, 0.2) is 0 Å². The van der Waals surface area contributed by atoms with E-state index in [1.54, 1.807) is 24.5 Å². The Morgan fingerprint density at radius 3 is 3.15 bits per heavy atom. The second-order valence-corrected chi connectivity index (χ2v) is 5.03. The van der Waals surface area contributed by atoms with E-state index in [-0.39, 0.29) is 24.2 Å². The molecule has 1 aliphatic heterocycles. The van der Waals surface area contributed by atoms with Crippen LogP contribution in [0.2, 0.25) is 0 Å². The molecule has 1 fully saturated rings. The Morgan fingerprint density at radius 2 is 2.40 bits per heavy atom. The van der Waals surface area contributed by atoms with Gasteiger partial charge >= 0.3 is 0 Å². The first-order chi connectivity index (χ1) is 9.74. The zero-order chi connectivity index (χ0) is 13.9. The third-order valence-electron chi connectivity index (χ3n) is 3.65. The van der Waals surface area contributed by atoms with Gasteiger partial charge in [0.1, 0.15) is 11.6 Å². The number of aromatic nitrogens is 2. The van der Waals surface area contributed by atoms with Crippen molar-refractivity contribution in [1.29, 1.82) is 0 Å². The SMILES string of the molecule is O=C(Cc1cccc(F)c1)N1CCCC1c1ncc[nH]1. The number of H-pyrrole nitrogens is 1. The molecular formula is C15H16FN3O. The van der Waals surface area contributed by atoms with Crippen molar-refractivity contribution in [3.8, 4) is 0 Å². The van der Waals surface area contributed by atoms with Gasteiger partial charge in [-0.15, -0.1) is 0 Å². The number of rotatable bonds is 3. The monoisotopic (exact) mass is 273 g/mol. The van der Waals surface area contributed by atoms with Crippen molar-refractivity contribution in [2.45, 2.75) is 25.3 Å². The van der Waals surface area contributed by atoms with Crippen molar-refractivity contribution in [2.75, 3.05) is 6.54 Å². The van der Waals surface area contributed by atoms with E-state index in [0.29, 0.717) is 5.56 Å². The number of carbonyl (C=O) groups is 1. The minimum Gasteiger partial charge on any atom is -0.347 e. The molecule has 20 heavy (non-hydrogen) atoms. The highest BCUT2D eigenvalue weighted by molar-refractivity contribution is 5.79. The summed E-state index contributed by atoms with van der Waals surface area (Å²) in [6, 6.07) is 6.22. The molecule has 0 saturated carbocycles. The first kappa shape index (κ1) is 12.8. The molecule has 104 valence electrons. The van der Waals surface area contributed by atoms with Crippen LogP contribution in [0, 0.1) is 5.82 Å². The number of halogens is 1. The topological polar surface area (TPSA) is 49.0 Å². The van der Waals surface area contributed by atoms with Crippen LogP contribution in [0.15, 0.2) is 36.7 Å². The summed E-state index contributed by atoms with van der Waals surface area (Å²) in [4.78, 5) is 21.5. The Morgan fingerprint density at radius 1 is 1.50 bits per heavy atom. The molecule has 0 bridgehead atoms. The minimum absolute atomic E-state index is 0.0195. The van der Waals surface area contributed by atoms with Gasteiger partial charge in [-0.1, -0.05) is 12.1 Å². The Labute approximate surface area is 116 Å². The van der Waals surface area contributed by atoms with E-state index in [1.807, 2.05) is 4.90 Å². The number of hydrogen-bond donors (Lipinski definition) is 1. The van der Waals surface area contributed by atoms with Gasteiger partial charge in [0.2, 0.25) is 5.91 Å². The zero-order valence-electron chi connectivity index (χ0n) is 11.1. The molecular weight excluding hydrogens is 257 g/mol. The number of carbonyl (C=O) groups excluding carboxylic acids is 1. The van der Waals surface area contributed by atoms with Gasteiger partial charge < -0.3 is 9.88 Å². The van der Waals surface area contributed by atoms with Crippen molar-refractivity contribution < 1.29 is 9.18 Å². The summed E-state index contributed by atoms with van der Waals surface area (Å²) in [5.41, 5.74) is 0.708. The predicted molar refractivity (Wildman–Crippen MR) is 72.4 cm³/mol. The first-order valence-corrected chi connectivity index (χ1v) is 6.77. The maximum Gasteiger partial charge on any atom is 0.227 e. The van der Waals surface area contributed by atoms with E-state index >= 15 is 0 Å². The number of hydrogen-bond acceptors (Lipinski definition) is 2. The molecule has 1 saturated heterocycles.